The lowest BCUT2D eigenvalue weighted by molar-refractivity contribution is -0.123. The molecule has 1 aromatic carbocycles. The van der Waals surface area contributed by atoms with Gasteiger partial charge in [0.1, 0.15) is 12.1 Å². The highest BCUT2D eigenvalue weighted by molar-refractivity contribution is 5.88. The number of carbonyl (C=O) groups is 1. The second-order valence-electron chi connectivity index (χ2n) is 5.31. The van der Waals surface area contributed by atoms with Crippen LogP contribution in [0.25, 0.3) is 11.5 Å². The minimum Gasteiger partial charge on any atom is -0.444 e. The Balaban J connectivity index is 1.55. The number of amides is 1. The lowest BCUT2D eigenvalue weighted by atomic mass is 10.2. The standard InChI is InChI=1S/C15H16FN3O2/c16-11-3-1-10(2-4-11)13-19-12(9-21-13)5-8-18-14(20)15(17)6-7-15/h1-4,9H,5-8,17H2,(H,18,20). The van der Waals surface area contributed by atoms with Gasteiger partial charge in [0, 0.05) is 18.5 Å². The van der Waals surface area contributed by atoms with E-state index in [1.54, 1.807) is 18.4 Å². The maximum Gasteiger partial charge on any atom is 0.240 e. The number of carbonyl (C=O) groups excluding carboxylic acids is 1. The van der Waals surface area contributed by atoms with Gasteiger partial charge in [0.05, 0.1) is 11.2 Å². The van der Waals surface area contributed by atoms with Crippen LogP contribution < -0.4 is 11.1 Å². The highest BCUT2D eigenvalue weighted by Gasteiger charge is 2.45. The third-order valence-corrected chi connectivity index (χ3v) is 3.55. The number of nitrogens with zero attached hydrogens (tertiary/aromatic N) is 1. The van der Waals surface area contributed by atoms with Gasteiger partial charge < -0.3 is 15.5 Å². The smallest absolute Gasteiger partial charge is 0.240 e. The van der Waals surface area contributed by atoms with Gasteiger partial charge in [-0.2, -0.15) is 0 Å². The lowest BCUT2D eigenvalue weighted by Crippen LogP contribution is -2.43. The Bertz CT molecular complexity index is 647. The number of nitrogens with one attached hydrogen (secondary N) is 1. The van der Waals surface area contributed by atoms with Crippen molar-refractivity contribution in [3.8, 4) is 11.5 Å². The summed E-state index contributed by atoms with van der Waals surface area (Å²) in [4.78, 5) is 16.0. The number of oxazole rings is 1. The number of benzene rings is 1. The van der Waals surface area contributed by atoms with Crippen LogP contribution in [0.15, 0.2) is 34.9 Å². The van der Waals surface area contributed by atoms with Crippen LogP contribution in [0.2, 0.25) is 0 Å². The average Bonchev–Trinajstić information content (AvgIpc) is 3.06. The van der Waals surface area contributed by atoms with E-state index in [9.17, 15) is 9.18 Å². The maximum absolute atomic E-state index is 12.8. The van der Waals surface area contributed by atoms with Crippen LogP contribution in [0.3, 0.4) is 0 Å². The molecule has 1 heterocycles. The summed E-state index contributed by atoms with van der Waals surface area (Å²) < 4.78 is 18.2. The molecular weight excluding hydrogens is 273 g/mol. The summed E-state index contributed by atoms with van der Waals surface area (Å²) in [5, 5.41) is 2.79. The van der Waals surface area contributed by atoms with E-state index in [1.165, 1.54) is 12.1 Å². The molecular formula is C15H16FN3O2. The summed E-state index contributed by atoms with van der Waals surface area (Å²) >= 11 is 0. The van der Waals surface area contributed by atoms with Crippen molar-refractivity contribution in [2.24, 2.45) is 5.73 Å². The van der Waals surface area contributed by atoms with Crippen molar-refractivity contribution in [1.29, 1.82) is 0 Å². The van der Waals surface area contributed by atoms with Crippen LogP contribution in [-0.4, -0.2) is 23.0 Å². The molecule has 110 valence electrons. The summed E-state index contributed by atoms with van der Waals surface area (Å²) in [6, 6.07) is 5.93. The minimum atomic E-state index is -0.650. The summed E-state index contributed by atoms with van der Waals surface area (Å²) in [5.74, 6) is 0.0302. The van der Waals surface area contributed by atoms with Gasteiger partial charge >= 0.3 is 0 Å². The summed E-state index contributed by atoms with van der Waals surface area (Å²) in [7, 11) is 0. The first-order valence-corrected chi connectivity index (χ1v) is 6.84. The van der Waals surface area contributed by atoms with E-state index in [2.05, 4.69) is 10.3 Å². The first-order chi connectivity index (χ1) is 10.1. The van der Waals surface area contributed by atoms with Crippen molar-refractivity contribution in [2.75, 3.05) is 6.54 Å². The van der Waals surface area contributed by atoms with Crippen LogP contribution in [0.5, 0.6) is 0 Å². The van der Waals surface area contributed by atoms with Crippen molar-refractivity contribution in [3.63, 3.8) is 0 Å². The Hall–Kier alpha value is -2.21. The molecule has 1 aromatic heterocycles. The maximum atomic E-state index is 12.8. The Labute approximate surface area is 121 Å². The summed E-state index contributed by atoms with van der Waals surface area (Å²) in [6.45, 7) is 0.465. The molecule has 0 bridgehead atoms. The van der Waals surface area contributed by atoms with Gasteiger partial charge in [0.25, 0.3) is 0 Å². The van der Waals surface area contributed by atoms with Crippen molar-refractivity contribution in [2.45, 2.75) is 24.8 Å². The third kappa shape index (κ3) is 3.11. The fourth-order valence-corrected chi connectivity index (χ4v) is 1.99. The first-order valence-electron chi connectivity index (χ1n) is 6.84. The fourth-order valence-electron chi connectivity index (χ4n) is 1.99. The van der Waals surface area contributed by atoms with Gasteiger partial charge in [-0.1, -0.05) is 0 Å². The van der Waals surface area contributed by atoms with Crippen LogP contribution >= 0.6 is 0 Å². The number of rotatable bonds is 5. The van der Waals surface area contributed by atoms with Gasteiger partial charge in [-0.25, -0.2) is 9.37 Å². The van der Waals surface area contributed by atoms with Gasteiger partial charge in [-0.05, 0) is 37.1 Å². The molecule has 3 N–H and O–H groups in total. The Morgan fingerprint density at radius 2 is 2.10 bits per heavy atom. The Morgan fingerprint density at radius 3 is 2.76 bits per heavy atom. The van der Waals surface area contributed by atoms with E-state index in [0.29, 0.717) is 24.4 Å². The molecule has 1 saturated carbocycles. The number of hydrogen-bond donors (Lipinski definition) is 2. The predicted octanol–water partition coefficient (Wildman–Crippen LogP) is 1.63. The van der Waals surface area contributed by atoms with Crippen LogP contribution in [0, 0.1) is 5.82 Å². The topological polar surface area (TPSA) is 81.2 Å². The molecule has 1 aliphatic carbocycles. The molecule has 1 aliphatic rings. The highest BCUT2D eigenvalue weighted by atomic mass is 19.1. The molecule has 1 amide bonds. The molecule has 3 rings (SSSR count). The number of nitrogens with two attached hydrogens (primary N) is 1. The van der Waals surface area contributed by atoms with E-state index in [-0.39, 0.29) is 11.7 Å². The first kappa shape index (κ1) is 13.8. The molecule has 1 fully saturated rings. The van der Waals surface area contributed by atoms with Crippen LogP contribution in [-0.2, 0) is 11.2 Å². The lowest BCUT2D eigenvalue weighted by Gasteiger charge is -2.08. The molecule has 2 aromatic rings. The number of halogens is 1. The molecule has 0 unspecified atom stereocenters. The fraction of sp³-hybridized carbons (Fsp3) is 0.333. The Kier molecular flexibility index (Phi) is 3.47. The summed E-state index contributed by atoms with van der Waals surface area (Å²) in [6.07, 6.45) is 3.60. The van der Waals surface area contributed by atoms with E-state index in [4.69, 9.17) is 10.2 Å². The largest absolute Gasteiger partial charge is 0.444 e. The van der Waals surface area contributed by atoms with Gasteiger partial charge in [-0.15, -0.1) is 0 Å². The Morgan fingerprint density at radius 1 is 1.38 bits per heavy atom. The zero-order valence-electron chi connectivity index (χ0n) is 11.4. The van der Waals surface area contributed by atoms with Crippen molar-refractivity contribution < 1.29 is 13.6 Å². The SMILES string of the molecule is NC1(C(=O)NCCc2coc(-c3ccc(F)cc3)n2)CC1. The van der Waals surface area contributed by atoms with Gasteiger partial charge in [0.15, 0.2) is 0 Å². The number of aromatic nitrogens is 1. The zero-order chi connectivity index (χ0) is 14.9. The van der Waals surface area contributed by atoms with Gasteiger partial charge in [0.2, 0.25) is 11.8 Å². The second kappa shape index (κ2) is 5.29. The van der Waals surface area contributed by atoms with E-state index in [0.717, 1.165) is 18.5 Å². The molecule has 0 atom stereocenters. The zero-order valence-corrected chi connectivity index (χ0v) is 11.4. The van der Waals surface area contributed by atoms with E-state index < -0.39 is 5.54 Å². The summed E-state index contributed by atoms with van der Waals surface area (Å²) in [5.41, 5.74) is 6.58. The minimum absolute atomic E-state index is 0.107. The second-order valence-corrected chi connectivity index (χ2v) is 5.31. The third-order valence-electron chi connectivity index (χ3n) is 3.55. The van der Waals surface area contributed by atoms with Gasteiger partial charge in [-0.3, -0.25) is 4.79 Å². The van der Waals surface area contributed by atoms with E-state index in [1.807, 2.05) is 0 Å². The van der Waals surface area contributed by atoms with E-state index >= 15 is 0 Å². The van der Waals surface area contributed by atoms with Crippen molar-refractivity contribution >= 4 is 5.91 Å². The predicted molar refractivity (Wildman–Crippen MR) is 74.8 cm³/mol. The molecule has 21 heavy (non-hydrogen) atoms. The van der Waals surface area contributed by atoms with Crippen LogP contribution in [0.4, 0.5) is 4.39 Å². The molecule has 6 heteroatoms. The van der Waals surface area contributed by atoms with Crippen molar-refractivity contribution in [3.05, 3.63) is 42.0 Å². The molecule has 0 aliphatic heterocycles. The molecule has 0 saturated heterocycles. The van der Waals surface area contributed by atoms with Crippen LogP contribution in [0.1, 0.15) is 18.5 Å². The normalized spacial score (nSPS) is 15.7. The molecule has 0 spiro atoms. The monoisotopic (exact) mass is 289 g/mol. The quantitative estimate of drug-likeness (QED) is 0.876. The van der Waals surface area contributed by atoms with Crippen molar-refractivity contribution in [1.82, 2.24) is 10.3 Å². The molecule has 0 radical (unpaired) electrons. The average molecular weight is 289 g/mol. The highest BCUT2D eigenvalue weighted by Crippen LogP contribution is 2.32. The number of hydrogen-bond acceptors (Lipinski definition) is 4. The molecule has 5 nitrogen and oxygen atoms in total.